The van der Waals surface area contributed by atoms with Gasteiger partial charge in [0, 0.05) is 18.0 Å². The van der Waals surface area contributed by atoms with Crippen molar-refractivity contribution in [2.75, 3.05) is 0 Å². The van der Waals surface area contributed by atoms with Gasteiger partial charge in [-0.15, -0.1) is 11.3 Å². The fourth-order valence-electron chi connectivity index (χ4n) is 2.94. The summed E-state index contributed by atoms with van der Waals surface area (Å²) < 4.78 is 4.24. The van der Waals surface area contributed by atoms with Crippen LogP contribution in [-0.2, 0) is 13.6 Å². The van der Waals surface area contributed by atoms with E-state index in [4.69, 9.17) is 0 Å². The number of hydrogen-bond acceptors (Lipinski definition) is 5. The molecular weight excluding hydrogens is 324 g/mol. The van der Waals surface area contributed by atoms with E-state index in [1.165, 1.54) is 4.68 Å². The van der Waals surface area contributed by atoms with Crippen LogP contribution in [0.5, 0.6) is 0 Å². The first-order valence-corrected chi connectivity index (χ1v) is 8.26. The predicted molar refractivity (Wildman–Crippen MR) is 93.8 cm³/mol. The van der Waals surface area contributed by atoms with Gasteiger partial charge in [-0.2, -0.15) is 5.10 Å². The lowest BCUT2D eigenvalue weighted by molar-refractivity contribution is 0.112. The molecule has 7 heteroatoms. The van der Waals surface area contributed by atoms with Crippen molar-refractivity contribution in [1.29, 1.82) is 0 Å². The molecule has 0 spiro atoms. The van der Waals surface area contributed by atoms with E-state index in [-0.39, 0.29) is 5.56 Å². The molecule has 0 saturated heterocycles. The number of aromatic nitrogens is 4. The van der Waals surface area contributed by atoms with Gasteiger partial charge < -0.3 is 4.57 Å². The summed E-state index contributed by atoms with van der Waals surface area (Å²) in [6, 6.07) is 7.17. The minimum absolute atomic E-state index is 0.158. The molecule has 0 unspecified atom stereocenters. The maximum atomic E-state index is 12.8. The van der Waals surface area contributed by atoms with E-state index in [1.807, 2.05) is 24.6 Å². The Kier molecular flexibility index (Phi) is 3.31. The molecular formula is C17H14N4O2S. The summed E-state index contributed by atoms with van der Waals surface area (Å²) in [4.78, 5) is 28.2. The largest absolute Gasteiger partial charge is 0.323 e. The van der Waals surface area contributed by atoms with E-state index in [0.29, 0.717) is 17.6 Å². The molecule has 24 heavy (non-hydrogen) atoms. The molecule has 3 heterocycles. The molecule has 0 fully saturated rings. The second kappa shape index (κ2) is 5.38. The normalized spacial score (nSPS) is 11.4. The molecule has 0 aliphatic carbocycles. The summed E-state index contributed by atoms with van der Waals surface area (Å²) in [5.74, 6) is 0. The summed E-state index contributed by atoms with van der Waals surface area (Å²) in [5.41, 5.74) is 2.70. The summed E-state index contributed by atoms with van der Waals surface area (Å²) in [5, 5.41) is 6.11. The van der Waals surface area contributed by atoms with Crippen LogP contribution in [0, 0.1) is 6.92 Å². The van der Waals surface area contributed by atoms with Gasteiger partial charge in [-0.05, 0) is 18.6 Å². The topological polar surface area (TPSA) is 69.8 Å². The van der Waals surface area contributed by atoms with Crippen LogP contribution in [-0.4, -0.2) is 25.6 Å². The van der Waals surface area contributed by atoms with Gasteiger partial charge in [-0.3, -0.25) is 9.59 Å². The van der Waals surface area contributed by atoms with E-state index in [1.54, 1.807) is 35.7 Å². The molecule has 0 aliphatic rings. The van der Waals surface area contributed by atoms with Crippen LogP contribution in [0.25, 0.3) is 21.3 Å². The zero-order valence-electron chi connectivity index (χ0n) is 13.2. The summed E-state index contributed by atoms with van der Waals surface area (Å²) in [6.07, 6.45) is 2.52. The average molecular weight is 338 g/mol. The Labute approximate surface area is 141 Å². The third-order valence-corrected chi connectivity index (χ3v) is 5.05. The Morgan fingerprint density at radius 1 is 1.33 bits per heavy atom. The highest BCUT2D eigenvalue weighted by Gasteiger charge is 2.17. The molecule has 0 amide bonds. The maximum Gasteiger partial charge on any atom is 0.291 e. The molecule has 0 aliphatic heterocycles. The summed E-state index contributed by atoms with van der Waals surface area (Å²) in [6.45, 7) is 2.27. The third-order valence-electron chi connectivity index (χ3n) is 4.05. The molecule has 6 nitrogen and oxygen atoms in total. The van der Waals surface area contributed by atoms with E-state index in [9.17, 15) is 9.59 Å². The highest BCUT2D eigenvalue weighted by molar-refractivity contribution is 7.19. The molecule has 1 aromatic carbocycles. The molecule has 0 saturated carbocycles. The first-order valence-electron chi connectivity index (χ1n) is 7.44. The molecule has 4 aromatic rings. The number of hydrogen-bond donors (Lipinski definition) is 0. The monoisotopic (exact) mass is 338 g/mol. The molecule has 0 atom stereocenters. The Balaban J connectivity index is 1.88. The van der Waals surface area contributed by atoms with Crippen LogP contribution in [0.4, 0.5) is 0 Å². The molecule has 120 valence electrons. The van der Waals surface area contributed by atoms with Crippen molar-refractivity contribution in [3.63, 3.8) is 0 Å². The quantitative estimate of drug-likeness (QED) is 0.538. The average Bonchev–Trinajstić information content (AvgIpc) is 3.08. The minimum Gasteiger partial charge on any atom is -0.323 e. The highest BCUT2D eigenvalue weighted by Crippen LogP contribution is 2.30. The number of aryl methyl sites for hydroxylation is 2. The van der Waals surface area contributed by atoms with Crippen molar-refractivity contribution in [2.24, 2.45) is 7.05 Å². The Morgan fingerprint density at radius 3 is 2.96 bits per heavy atom. The maximum absolute atomic E-state index is 12.8. The molecule has 0 bridgehead atoms. The van der Waals surface area contributed by atoms with Gasteiger partial charge in [-0.25, -0.2) is 9.67 Å². The van der Waals surface area contributed by atoms with Crippen LogP contribution in [0.2, 0.25) is 0 Å². The predicted octanol–water partition coefficient (Wildman–Crippen LogP) is 2.51. The fourth-order valence-corrected chi connectivity index (χ4v) is 3.90. The van der Waals surface area contributed by atoms with Crippen LogP contribution in [0.3, 0.4) is 0 Å². The Morgan fingerprint density at radius 2 is 2.17 bits per heavy atom. The first-order chi connectivity index (χ1) is 11.6. The van der Waals surface area contributed by atoms with Crippen LogP contribution in [0.15, 0.2) is 35.3 Å². The summed E-state index contributed by atoms with van der Waals surface area (Å²) >= 11 is 1.57. The Bertz CT molecular complexity index is 1150. The molecule has 4 rings (SSSR count). The molecule has 0 N–H and O–H groups in total. The lowest BCUT2D eigenvalue weighted by Gasteiger charge is -2.06. The van der Waals surface area contributed by atoms with Crippen molar-refractivity contribution in [3.05, 3.63) is 57.0 Å². The standard InChI is InChI=1S/C17H14N4O2S/c1-10-19-16-15(24-10)13-7-18-21(17(23)14(13)20(16)2)8-11-4-3-5-12(6-11)9-22/h3-7,9H,8H2,1-2H3. The van der Waals surface area contributed by atoms with Gasteiger partial charge in [0.1, 0.15) is 11.8 Å². The minimum atomic E-state index is -0.158. The van der Waals surface area contributed by atoms with Crippen molar-refractivity contribution in [1.82, 2.24) is 19.3 Å². The fraction of sp³-hybridized carbons (Fsp3) is 0.176. The third kappa shape index (κ3) is 2.16. The number of thiazole rings is 1. The SMILES string of the molecule is Cc1nc2c(s1)c1cnn(Cc3cccc(C=O)c3)c(=O)c1n2C. The lowest BCUT2D eigenvalue weighted by Crippen LogP contribution is -2.24. The second-order valence-corrected chi connectivity index (χ2v) is 6.88. The van der Waals surface area contributed by atoms with Crippen LogP contribution < -0.4 is 5.56 Å². The summed E-state index contributed by atoms with van der Waals surface area (Å²) in [7, 11) is 1.85. The zero-order valence-corrected chi connectivity index (χ0v) is 14.0. The van der Waals surface area contributed by atoms with Gasteiger partial charge in [0.25, 0.3) is 5.56 Å². The number of fused-ring (bicyclic) bond motifs is 3. The van der Waals surface area contributed by atoms with Crippen LogP contribution >= 0.6 is 11.3 Å². The van der Waals surface area contributed by atoms with Crippen molar-refractivity contribution < 1.29 is 4.79 Å². The van der Waals surface area contributed by atoms with Crippen molar-refractivity contribution >= 4 is 38.9 Å². The Hall–Kier alpha value is -2.80. The van der Waals surface area contributed by atoms with Gasteiger partial charge in [0.15, 0.2) is 5.65 Å². The molecule has 3 aromatic heterocycles. The highest BCUT2D eigenvalue weighted by atomic mass is 32.1. The lowest BCUT2D eigenvalue weighted by atomic mass is 10.1. The van der Waals surface area contributed by atoms with Crippen LogP contribution in [0.1, 0.15) is 20.9 Å². The van der Waals surface area contributed by atoms with Crippen molar-refractivity contribution in [3.8, 4) is 0 Å². The van der Waals surface area contributed by atoms with E-state index in [0.717, 1.165) is 32.6 Å². The van der Waals surface area contributed by atoms with Gasteiger partial charge in [0.2, 0.25) is 0 Å². The number of carbonyl (C=O) groups excluding carboxylic acids is 1. The van der Waals surface area contributed by atoms with Crippen molar-refractivity contribution in [2.45, 2.75) is 13.5 Å². The van der Waals surface area contributed by atoms with E-state index >= 15 is 0 Å². The zero-order chi connectivity index (χ0) is 16.8. The number of benzene rings is 1. The number of aldehydes is 1. The first kappa shape index (κ1) is 14.8. The van der Waals surface area contributed by atoms with Gasteiger partial charge >= 0.3 is 0 Å². The van der Waals surface area contributed by atoms with E-state index in [2.05, 4.69) is 10.1 Å². The number of carbonyl (C=O) groups is 1. The smallest absolute Gasteiger partial charge is 0.291 e. The van der Waals surface area contributed by atoms with Gasteiger partial charge in [-0.1, -0.05) is 18.2 Å². The van der Waals surface area contributed by atoms with E-state index < -0.39 is 0 Å². The van der Waals surface area contributed by atoms with Gasteiger partial charge in [0.05, 0.1) is 22.4 Å². The molecule has 0 radical (unpaired) electrons. The number of nitrogens with zero attached hydrogens (tertiary/aromatic N) is 4. The second-order valence-electron chi connectivity index (χ2n) is 5.68. The number of rotatable bonds is 3.